The maximum absolute atomic E-state index is 11.5. The Morgan fingerprint density at radius 3 is 2.52 bits per heavy atom. The lowest BCUT2D eigenvalue weighted by molar-refractivity contribution is -0.119. The molecule has 3 heterocycles. The molecule has 2 unspecified atom stereocenters. The maximum Gasteiger partial charge on any atom is 0.220 e. The summed E-state index contributed by atoms with van der Waals surface area (Å²) in [7, 11) is 5.19. The van der Waals surface area contributed by atoms with Crippen LogP contribution in [-0.2, 0) is 17.9 Å². The van der Waals surface area contributed by atoms with Crippen molar-refractivity contribution in [1.82, 2.24) is 25.5 Å². The van der Waals surface area contributed by atoms with E-state index in [0.717, 1.165) is 39.8 Å². The fraction of sp³-hybridized carbons (Fsp3) is 0.343. The van der Waals surface area contributed by atoms with E-state index in [2.05, 4.69) is 15.6 Å². The third kappa shape index (κ3) is 7.79. The first-order chi connectivity index (χ1) is 22.2. The summed E-state index contributed by atoms with van der Waals surface area (Å²) in [5, 5.41) is 17.1. The summed E-state index contributed by atoms with van der Waals surface area (Å²) >= 11 is 14.1. The molecule has 1 fully saturated rings. The van der Waals surface area contributed by atoms with Crippen molar-refractivity contribution in [2.24, 2.45) is 0 Å². The number of rotatable bonds is 13. The summed E-state index contributed by atoms with van der Waals surface area (Å²) in [4.78, 5) is 22.9. The smallest absolute Gasteiger partial charge is 0.220 e. The lowest BCUT2D eigenvalue weighted by Crippen LogP contribution is -2.35. The third-order valence-electron chi connectivity index (χ3n) is 7.95. The standard InChI is InChI=1S/C35H39Cl2N5O4/c1-21(43)19-42(2)20-24-9-8-22(16-30(24)45-3)34-33(37)27(14-15-39-34)26-6-5-7-28(32(26)36)29-12-10-23(35(41-29)46-4)17-38-18-25-11-13-31(44)40-25/h5-10,12,14-16,21,25,38,43H,11,13,17-20H2,1-4H3,(H,40,44). The number of aliphatic hydroxyl groups is 1. The molecule has 0 radical (unpaired) electrons. The van der Waals surface area contributed by atoms with Crippen LogP contribution in [-0.4, -0.2) is 72.4 Å². The predicted octanol–water partition coefficient (Wildman–Crippen LogP) is 5.98. The Kier molecular flexibility index (Phi) is 11.1. The van der Waals surface area contributed by atoms with Gasteiger partial charge in [-0.25, -0.2) is 4.98 Å². The first-order valence-corrected chi connectivity index (χ1v) is 16.0. The number of likely N-dealkylation sites (N-methyl/N-ethyl adjacent to an activating group) is 1. The average Bonchev–Trinajstić information content (AvgIpc) is 3.46. The van der Waals surface area contributed by atoms with Crippen LogP contribution in [0.2, 0.25) is 10.0 Å². The van der Waals surface area contributed by atoms with Gasteiger partial charge < -0.3 is 25.2 Å². The molecule has 5 rings (SSSR count). The molecule has 0 spiro atoms. The molecule has 2 aromatic heterocycles. The largest absolute Gasteiger partial charge is 0.496 e. The Hall–Kier alpha value is -3.73. The molecule has 46 heavy (non-hydrogen) atoms. The molecule has 2 aromatic carbocycles. The number of amides is 1. The number of ether oxygens (including phenoxy) is 2. The summed E-state index contributed by atoms with van der Waals surface area (Å²) < 4.78 is 11.3. The molecule has 0 aliphatic carbocycles. The number of hydrogen-bond acceptors (Lipinski definition) is 8. The minimum Gasteiger partial charge on any atom is -0.496 e. The van der Waals surface area contributed by atoms with Crippen LogP contribution in [0, 0.1) is 0 Å². The number of aromatic nitrogens is 2. The highest BCUT2D eigenvalue weighted by Gasteiger charge is 2.21. The van der Waals surface area contributed by atoms with Crippen LogP contribution < -0.4 is 20.1 Å². The molecule has 1 amide bonds. The molecule has 0 saturated carbocycles. The van der Waals surface area contributed by atoms with Gasteiger partial charge >= 0.3 is 0 Å². The fourth-order valence-corrected chi connectivity index (χ4v) is 6.41. The molecule has 1 saturated heterocycles. The van der Waals surface area contributed by atoms with Gasteiger partial charge in [0, 0.05) is 78.2 Å². The van der Waals surface area contributed by atoms with E-state index in [1.54, 1.807) is 27.3 Å². The summed E-state index contributed by atoms with van der Waals surface area (Å²) in [6.07, 6.45) is 2.70. The summed E-state index contributed by atoms with van der Waals surface area (Å²) in [5.41, 5.74) is 6.21. The van der Waals surface area contributed by atoms with Crippen LogP contribution in [0.4, 0.5) is 0 Å². The number of carbonyl (C=O) groups is 1. The second-order valence-electron chi connectivity index (χ2n) is 11.6. The Bertz CT molecular complexity index is 1700. The second-order valence-corrected chi connectivity index (χ2v) is 12.3. The maximum atomic E-state index is 11.5. The van der Waals surface area contributed by atoms with E-state index < -0.39 is 6.10 Å². The number of halogens is 2. The van der Waals surface area contributed by atoms with E-state index in [-0.39, 0.29) is 11.9 Å². The quantitative estimate of drug-likeness (QED) is 0.160. The van der Waals surface area contributed by atoms with E-state index in [0.29, 0.717) is 65.7 Å². The molecule has 242 valence electrons. The van der Waals surface area contributed by atoms with Gasteiger partial charge in [0.1, 0.15) is 5.75 Å². The van der Waals surface area contributed by atoms with Crippen molar-refractivity contribution in [3.05, 3.63) is 82.0 Å². The molecular formula is C35H39Cl2N5O4. The van der Waals surface area contributed by atoms with E-state index in [9.17, 15) is 9.90 Å². The number of benzene rings is 2. The highest BCUT2D eigenvalue weighted by molar-refractivity contribution is 6.39. The number of methoxy groups -OCH3 is 2. The molecule has 2 atom stereocenters. The SMILES string of the molecule is COc1cc(-c2nccc(-c3cccc(-c4ccc(CNCC5CCC(=O)N5)c(OC)n4)c3Cl)c2Cl)ccc1CN(C)CC(C)O. The fourth-order valence-electron chi connectivity index (χ4n) is 5.76. The molecule has 3 N–H and O–H groups in total. The lowest BCUT2D eigenvalue weighted by Gasteiger charge is -2.20. The molecule has 1 aliphatic heterocycles. The monoisotopic (exact) mass is 663 g/mol. The van der Waals surface area contributed by atoms with Gasteiger partial charge in [-0.2, -0.15) is 0 Å². The topological polar surface area (TPSA) is 109 Å². The number of aliphatic hydroxyl groups excluding tert-OH is 1. The first-order valence-electron chi connectivity index (χ1n) is 15.2. The Balaban J connectivity index is 1.40. The van der Waals surface area contributed by atoms with Gasteiger partial charge in [0.2, 0.25) is 11.8 Å². The van der Waals surface area contributed by atoms with Gasteiger partial charge in [0.15, 0.2) is 0 Å². The van der Waals surface area contributed by atoms with E-state index in [1.807, 2.05) is 66.5 Å². The number of pyridine rings is 2. The van der Waals surface area contributed by atoms with Crippen LogP contribution >= 0.6 is 23.2 Å². The highest BCUT2D eigenvalue weighted by atomic mass is 35.5. The van der Waals surface area contributed by atoms with Crippen molar-refractivity contribution >= 4 is 29.1 Å². The molecule has 4 aromatic rings. The van der Waals surface area contributed by atoms with Crippen LogP contribution in [0.3, 0.4) is 0 Å². The van der Waals surface area contributed by atoms with E-state index >= 15 is 0 Å². The minimum atomic E-state index is -0.426. The molecule has 1 aliphatic rings. The van der Waals surface area contributed by atoms with Crippen LogP contribution in [0.25, 0.3) is 33.6 Å². The van der Waals surface area contributed by atoms with Gasteiger partial charge in [0.05, 0.1) is 41.8 Å². The first kappa shape index (κ1) is 33.6. The lowest BCUT2D eigenvalue weighted by atomic mass is 9.99. The average molecular weight is 665 g/mol. The van der Waals surface area contributed by atoms with Gasteiger partial charge in [-0.1, -0.05) is 59.6 Å². The zero-order valence-corrected chi connectivity index (χ0v) is 28.0. The van der Waals surface area contributed by atoms with Crippen molar-refractivity contribution < 1.29 is 19.4 Å². The Labute approximate surface area is 279 Å². The Morgan fingerprint density at radius 1 is 1.04 bits per heavy atom. The van der Waals surface area contributed by atoms with Crippen LogP contribution in [0.15, 0.2) is 60.8 Å². The van der Waals surface area contributed by atoms with Crippen molar-refractivity contribution in [3.63, 3.8) is 0 Å². The third-order valence-corrected chi connectivity index (χ3v) is 8.74. The van der Waals surface area contributed by atoms with Gasteiger partial charge in [-0.3, -0.25) is 14.7 Å². The van der Waals surface area contributed by atoms with Crippen molar-refractivity contribution in [2.45, 2.75) is 45.0 Å². The zero-order valence-electron chi connectivity index (χ0n) is 26.4. The number of nitrogens with zero attached hydrogens (tertiary/aromatic N) is 3. The van der Waals surface area contributed by atoms with E-state index in [4.69, 9.17) is 37.7 Å². The summed E-state index contributed by atoms with van der Waals surface area (Å²) in [6.45, 7) is 4.16. The van der Waals surface area contributed by atoms with Crippen LogP contribution in [0.5, 0.6) is 11.6 Å². The normalized spacial score (nSPS) is 15.2. The Morgan fingerprint density at radius 2 is 1.80 bits per heavy atom. The highest BCUT2D eigenvalue weighted by Crippen LogP contribution is 2.42. The van der Waals surface area contributed by atoms with E-state index in [1.165, 1.54) is 0 Å². The molecule has 9 nitrogen and oxygen atoms in total. The molecule has 11 heteroatoms. The second kappa shape index (κ2) is 15.2. The number of hydrogen-bond donors (Lipinski definition) is 3. The summed E-state index contributed by atoms with van der Waals surface area (Å²) in [5.74, 6) is 1.31. The molecular weight excluding hydrogens is 625 g/mol. The molecule has 0 bridgehead atoms. The summed E-state index contributed by atoms with van der Waals surface area (Å²) in [6, 6.07) is 17.6. The van der Waals surface area contributed by atoms with Crippen molar-refractivity contribution in [2.75, 3.05) is 34.4 Å². The minimum absolute atomic E-state index is 0.0990. The van der Waals surface area contributed by atoms with Gasteiger partial charge in [-0.15, -0.1) is 0 Å². The van der Waals surface area contributed by atoms with Gasteiger partial charge in [0.25, 0.3) is 0 Å². The number of nitrogens with one attached hydrogen (secondary N) is 2. The van der Waals surface area contributed by atoms with Gasteiger partial charge in [-0.05, 0) is 38.6 Å². The predicted molar refractivity (Wildman–Crippen MR) is 182 cm³/mol. The van der Waals surface area contributed by atoms with Crippen molar-refractivity contribution in [3.8, 4) is 45.3 Å². The zero-order chi connectivity index (χ0) is 32.8. The number of carbonyl (C=O) groups excluding carboxylic acids is 1. The van der Waals surface area contributed by atoms with Crippen molar-refractivity contribution in [1.29, 1.82) is 0 Å². The van der Waals surface area contributed by atoms with Crippen LogP contribution in [0.1, 0.15) is 30.9 Å².